The van der Waals surface area contributed by atoms with Crippen LogP contribution in [0.3, 0.4) is 0 Å². The number of hydrogen-bond donors (Lipinski definition) is 1. The van der Waals surface area contributed by atoms with Gasteiger partial charge in [-0.25, -0.2) is 9.59 Å². The second-order valence-corrected chi connectivity index (χ2v) is 7.54. The normalized spacial score (nSPS) is 13.5. The zero-order valence-corrected chi connectivity index (χ0v) is 15.3. The molecule has 1 aliphatic rings. The van der Waals surface area contributed by atoms with E-state index >= 15 is 0 Å². The fourth-order valence-corrected chi connectivity index (χ4v) is 3.48. The molecular weight excluding hydrogens is 332 g/mol. The van der Waals surface area contributed by atoms with Crippen LogP contribution in [0, 0.1) is 0 Å². The molecule has 0 radical (unpaired) electrons. The van der Waals surface area contributed by atoms with E-state index in [9.17, 15) is 14.4 Å². The van der Waals surface area contributed by atoms with Gasteiger partial charge in [0, 0.05) is 16.9 Å². The smallest absolute Gasteiger partial charge is 0.410 e. The lowest BCUT2D eigenvalue weighted by atomic mass is 10.2. The minimum Gasteiger partial charge on any atom is -0.465 e. The van der Waals surface area contributed by atoms with E-state index in [-0.39, 0.29) is 12.5 Å². The zero-order valence-electron chi connectivity index (χ0n) is 14.5. The summed E-state index contributed by atoms with van der Waals surface area (Å²) in [6.07, 6.45) is -0.126. The Balaban J connectivity index is 2.27. The number of carbonyl (C=O) groups excluding carboxylic acids is 3. The van der Waals surface area contributed by atoms with Gasteiger partial charge in [-0.15, -0.1) is 11.3 Å². The zero-order chi connectivity index (χ0) is 18.1. The lowest BCUT2D eigenvalue weighted by Crippen LogP contribution is -2.33. The third-order valence-corrected chi connectivity index (χ3v) is 4.58. The maximum atomic E-state index is 12.2. The third kappa shape index (κ3) is 3.87. The molecule has 7 nitrogen and oxygen atoms in total. The number of nitrogens with one attached hydrogen (secondary N) is 1. The summed E-state index contributed by atoms with van der Waals surface area (Å²) < 4.78 is 10.2. The number of ether oxygens (including phenoxy) is 2. The van der Waals surface area contributed by atoms with Crippen LogP contribution in [0.25, 0.3) is 0 Å². The third-order valence-electron chi connectivity index (χ3n) is 3.38. The molecule has 0 unspecified atom stereocenters. The van der Waals surface area contributed by atoms with Crippen LogP contribution >= 0.6 is 11.3 Å². The van der Waals surface area contributed by atoms with Crippen molar-refractivity contribution in [3.63, 3.8) is 0 Å². The van der Waals surface area contributed by atoms with E-state index in [4.69, 9.17) is 9.47 Å². The van der Waals surface area contributed by atoms with Gasteiger partial charge >= 0.3 is 12.1 Å². The SMILES string of the molecule is CCC(=O)Nc1c(C(=O)OC)sc2c1CN(C(=O)OC(C)(C)C)C2. The molecule has 132 valence electrons. The highest BCUT2D eigenvalue weighted by Gasteiger charge is 2.34. The van der Waals surface area contributed by atoms with Crippen LogP contribution < -0.4 is 5.32 Å². The second-order valence-electron chi connectivity index (χ2n) is 6.44. The highest BCUT2D eigenvalue weighted by molar-refractivity contribution is 7.14. The molecule has 0 saturated heterocycles. The van der Waals surface area contributed by atoms with Crippen molar-refractivity contribution in [2.45, 2.75) is 52.8 Å². The van der Waals surface area contributed by atoms with Gasteiger partial charge in [-0.3, -0.25) is 9.69 Å². The minimum atomic E-state index is -0.580. The van der Waals surface area contributed by atoms with E-state index < -0.39 is 17.7 Å². The number of hydrogen-bond acceptors (Lipinski definition) is 6. The van der Waals surface area contributed by atoms with E-state index in [2.05, 4.69) is 5.32 Å². The highest BCUT2D eigenvalue weighted by atomic mass is 32.1. The second kappa shape index (κ2) is 6.80. The van der Waals surface area contributed by atoms with Gasteiger partial charge in [-0.05, 0) is 20.8 Å². The van der Waals surface area contributed by atoms with Gasteiger partial charge in [0.25, 0.3) is 0 Å². The first-order chi connectivity index (χ1) is 11.2. The van der Waals surface area contributed by atoms with Crippen LogP contribution in [-0.2, 0) is 27.4 Å². The standard InChI is InChI=1S/C16H22N2O5S/c1-6-11(19)17-12-9-7-18(15(21)23-16(2,3)4)8-10(9)24-13(12)14(20)22-5/h6-8H2,1-5H3,(H,17,19). The van der Waals surface area contributed by atoms with Gasteiger partial charge < -0.3 is 14.8 Å². The van der Waals surface area contributed by atoms with Crippen molar-refractivity contribution in [1.82, 2.24) is 4.90 Å². The maximum absolute atomic E-state index is 12.2. The molecule has 1 aromatic rings. The summed E-state index contributed by atoms with van der Waals surface area (Å²) in [5.74, 6) is -0.693. The van der Waals surface area contributed by atoms with Gasteiger partial charge in [0.2, 0.25) is 5.91 Å². The van der Waals surface area contributed by atoms with Gasteiger partial charge in [0.05, 0.1) is 25.9 Å². The summed E-state index contributed by atoms with van der Waals surface area (Å²) in [5.41, 5.74) is 0.636. The minimum absolute atomic E-state index is 0.198. The van der Waals surface area contributed by atoms with Crippen molar-refractivity contribution in [3.05, 3.63) is 15.3 Å². The van der Waals surface area contributed by atoms with Crippen molar-refractivity contribution in [2.75, 3.05) is 12.4 Å². The summed E-state index contributed by atoms with van der Waals surface area (Å²) in [4.78, 5) is 38.7. The first-order valence-corrected chi connectivity index (χ1v) is 8.48. The molecule has 8 heteroatoms. The molecule has 1 N–H and O–H groups in total. The number of rotatable bonds is 3. The Morgan fingerprint density at radius 1 is 1.25 bits per heavy atom. The molecule has 0 atom stereocenters. The average molecular weight is 354 g/mol. The topological polar surface area (TPSA) is 84.9 Å². The van der Waals surface area contributed by atoms with Crippen LogP contribution in [0.2, 0.25) is 0 Å². The molecule has 1 aromatic heterocycles. The average Bonchev–Trinajstić information content (AvgIpc) is 3.04. The predicted octanol–water partition coefficient (Wildman–Crippen LogP) is 3.13. The van der Waals surface area contributed by atoms with E-state index in [1.165, 1.54) is 18.4 Å². The molecular formula is C16H22N2O5S. The van der Waals surface area contributed by atoms with Crippen molar-refractivity contribution >= 4 is 35.0 Å². The highest BCUT2D eigenvalue weighted by Crippen LogP contribution is 2.40. The van der Waals surface area contributed by atoms with Crippen LogP contribution in [0.4, 0.5) is 10.5 Å². The number of methoxy groups -OCH3 is 1. The maximum Gasteiger partial charge on any atom is 0.410 e. The van der Waals surface area contributed by atoms with Gasteiger partial charge in [0.1, 0.15) is 10.5 Å². The summed E-state index contributed by atoms with van der Waals surface area (Å²) in [5, 5.41) is 2.76. The lowest BCUT2D eigenvalue weighted by Gasteiger charge is -2.24. The first-order valence-electron chi connectivity index (χ1n) is 7.67. The first kappa shape index (κ1) is 18.3. The molecule has 0 fully saturated rings. The van der Waals surface area contributed by atoms with Crippen molar-refractivity contribution in [2.24, 2.45) is 0 Å². The molecule has 2 rings (SSSR count). The number of carbonyl (C=O) groups is 3. The summed E-state index contributed by atoms with van der Waals surface area (Å²) in [6.45, 7) is 7.78. The van der Waals surface area contributed by atoms with E-state index in [1.54, 1.807) is 32.6 Å². The molecule has 2 amide bonds. The Kier molecular flexibility index (Phi) is 5.17. The monoisotopic (exact) mass is 354 g/mol. The Morgan fingerprint density at radius 2 is 1.92 bits per heavy atom. The Bertz CT molecular complexity index is 675. The number of fused-ring (bicyclic) bond motifs is 1. The molecule has 0 aliphatic carbocycles. The van der Waals surface area contributed by atoms with Crippen molar-refractivity contribution < 1.29 is 23.9 Å². The van der Waals surface area contributed by atoms with Crippen LogP contribution in [0.1, 0.15) is 54.2 Å². The number of anilines is 1. The Hall–Kier alpha value is -2.09. The number of esters is 1. The molecule has 24 heavy (non-hydrogen) atoms. The Morgan fingerprint density at radius 3 is 2.46 bits per heavy atom. The summed E-state index contributed by atoms with van der Waals surface area (Å²) in [6, 6.07) is 0. The molecule has 0 saturated carbocycles. The molecule has 0 aromatic carbocycles. The van der Waals surface area contributed by atoms with Crippen molar-refractivity contribution in [1.29, 1.82) is 0 Å². The molecule has 2 heterocycles. The number of thiophene rings is 1. The number of nitrogens with zero attached hydrogens (tertiary/aromatic N) is 1. The fourth-order valence-electron chi connectivity index (χ4n) is 2.28. The number of amides is 2. The lowest BCUT2D eigenvalue weighted by molar-refractivity contribution is -0.115. The van der Waals surface area contributed by atoms with Crippen LogP contribution in [0.15, 0.2) is 0 Å². The largest absolute Gasteiger partial charge is 0.465 e. The van der Waals surface area contributed by atoms with Gasteiger partial charge in [-0.1, -0.05) is 6.92 Å². The molecule has 0 spiro atoms. The van der Waals surface area contributed by atoms with Crippen molar-refractivity contribution in [3.8, 4) is 0 Å². The van der Waals surface area contributed by atoms with Crippen LogP contribution in [0.5, 0.6) is 0 Å². The van der Waals surface area contributed by atoms with E-state index in [0.717, 1.165) is 10.4 Å². The van der Waals surface area contributed by atoms with Gasteiger partial charge in [-0.2, -0.15) is 0 Å². The summed E-state index contributed by atoms with van der Waals surface area (Å²) in [7, 11) is 1.30. The molecule has 0 bridgehead atoms. The quantitative estimate of drug-likeness (QED) is 0.843. The fraction of sp³-hybridized carbons (Fsp3) is 0.562. The Labute approximate surface area is 144 Å². The van der Waals surface area contributed by atoms with E-state index in [1.807, 2.05) is 0 Å². The van der Waals surface area contributed by atoms with E-state index in [0.29, 0.717) is 23.5 Å². The summed E-state index contributed by atoms with van der Waals surface area (Å²) >= 11 is 1.23. The van der Waals surface area contributed by atoms with Gasteiger partial charge in [0.15, 0.2) is 0 Å². The predicted molar refractivity (Wildman–Crippen MR) is 90.1 cm³/mol. The van der Waals surface area contributed by atoms with Crippen LogP contribution in [-0.4, -0.2) is 35.6 Å². The molecule has 1 aliphatic heterocycles.